The van der Waals surface area contributed by atoms with Crippen molar-refractivity contribution in [1.29, 1.82) is 0 Å². The standard InChI is InChI=1S/C17H24N4O4S/c22-16-12-21(9-8-19-16)26(24,25)15-5-3-14(4-6-15)17(23)20-11-13-2-1-7-18-10-13/h3-6,13,18H,1-2,7-12H2,(H,19,22)(H,20,23). The Morgan fingerprint density at radius 1 is 1.23 bits per heavy atom. The van der Waals surface area contributed by atoms with Gasteiger partial charge >= 0.3 is 0 Å². The van der Waals surface area contributed by atoms with Crippen LogP contribution in [0.5, 0.6) is 0 Å². The second-order valence-corrected chi connectivity index (χ2v) is 8.57. The normalized spacial score (nSPS) is 21.8. The number of carbonyl (C=O) groups is 2. The number of amides is 2. The van der Waals surface area contributed by atoms with Crippen LogP contribution in [0.4, 0.5) is 0 Å². The number of sulfonamides is 1. The minimum Gasteiger partial charge on any atom is -0.354 e. The third kappa shape index (κ3) is 4.40. The zero-order valence-electron chi connectivity index (χ0n) is 14.5. The molecule has 2 saturated heterocycles. The molecule has 0 saturated carbocycles. The van der Waals surface area contributed by atoms with E-state index in [9.17, 15) is 18.0 Å². The van der Waals surface area contributed by atoms with Crippen LogP contribution in [0.2, 0.25) is 0 Å². The van der Waals surface area contributed by atoms with E-state index in [4.69, 9.17) is 0 Å². The van der Waals surface area contributed by atoms with E-state index in [0.717, 1.165) is 30.2 Å². The molecule has 3 N–H and O–H groups in total. The predicted molar refractivity (Wildman–Crippen MR) is 96.1 cm³/mol. The van der Waals surface area contributed by atoms with Crippen LogP contribution in [0, 0.1) is 5.92 Å². The Morgan fingerprint density at radius 3 is 2.65 bits per heavy atom. The van der Waals surface area contributed by atoms with E-state index in [1.165, 1.54) is 24.3 Å². The van der Waals surface area contributed by atoms with Gasteiger partial charge in [0, 0.05) is 25.2 Å². The Balaban J connectivity index is 1.61. The van der Waals surface area contributed by atoms with E-state index in [2.05, 4.69) is 16.0 Å². The van der Waals surface area contributed by atoms with Crippen molar-refractivity contribution in [3.8, 4) is 0 Å². The zero-order valence-corrected chi connectivity index (χ0v) is 15.3. The number of hydrogen-bond donors (Lipinski definition) is 3. The third-order valence-corrected chi connectivity index (χ3v) is 6.57. The van der Waals surface area contributed by atoms with Crippen molar-refractivity contribution >= 4 is 21.8 Å². The Hall–Kier alpha value is -1.97. The highest BCUT2D eigenvalue weighted by molar-refractivity contribution is 7.89. The first-order valence-electron chi connectivity index (χ1n) is 8.82. The number of rotatable bonds is 5. The number of benzene rings is 1. The number of nitrogens with zero attached hydrogens (tertiary/aromatic N) is 1. The average molecular weight is 380 g/mol. The monoisotopic (exact) mass is 380 g/mol. The lowest BCUT2D eigenvalue weighted by atomic mass is 10.00. The van der Waals surface area contributed by atoms with Gasteiger partial charge in [0.05, 0.1) is 11.4 Å². The molecule has 8 nitrogen and oxygen atoms in total. The lowest BCUT2D eigenvalue weighted by Gasteiger charge is -2.26. The SMILES string of the molecule is O=C1CN(S(=O)(=O)c2ccc(C(=O)NCC3CCCNC3)cc2)CCN1. The predicted octanol–water partition coefficient (Wildman–Crippen LogP) is -0.463. The summed E-state index contributed by atoms with van der Waals surface area (Å²) in [4.78, 5) is 23.8. The van der Waals surface area contributed by atoms with Crippen LogP contribution in [0.25, 0.3) is 0 Å². The molecule has 2 aliphatic heterocycles. The molecule has 2 fully saturated rings. The summed E-state index contributed by atoms with van der Waals surface area (Å²) in [6, 6.07) is 5.84. The molecule has 142 valence electrons. The van der Waals surface area contributed by atoms with Gasteiger partial charge in [0.2, 0.25) is 15.9 Å². The summed E-state index contributed by atoms with van der Waals surface area (Å²) < 4.78 is 26.3. The van der Waals surface area contributed by atoms with Gasteiger partial charge in [-0.1, -0.05) is 0 Å². The van der Waals surface area contributed by atoms with Crippen molar-refractivity contribution in [2.24, 2.45) is 5.92 Å². The highest BCUT2D eigenvalue weighted by atomic mass is 32.2. The maximum absolute atomic E-state index is 12.6. The quantitative estimate of drug-likeness (QED) is 0.641. The lowest BCUT2D eigenvalue weighted by Crippen LogP contribution is -2.49. The summed E-state index contributed by atoms with van der Waals surface area (Å²) >= 11 is 0. The molecule has 1 aromatic carbocycles. The number of hydrogen-bond acceptors (Lipinski definition) is 5. The van der Waals surface area contributed by atoms with E-state index in [1.54, 1.807) is 0 Å². The fourth-order valence-corrected chi connectivity index (χ4v) is 4.58. The Labute approximate surface area is 153 Å². The van der Waals surface area contributed by atoms with E-state index in [-0.39, 0.29) is 29.8 Å². The number of nitrogens with one attached hydrogen (secondary N) is 3. The second kappa shape index (κ2) is 8.15. The van der Waals surface area contributed by atoms with Crippen LogP contribution in [0.15, 0.2) is 29.2 Å². The molecule has 9 heteroatoms. The maximum Gasteiger partial charge on any atom is 0.251 e. The van der Waals surface area contributed by atoms with Crippen LogP contribution >= 0.6 is 0 Å². The van der Waals surface area contributed by atoms with E-state index < -0.39 is 10.0 Å². The van der Waals surface area contributed by atoms with Gasteiger partial charge in [-0.25, -0.2) is 8.42 Å². The van der Waals surface area contributed by atoms with Gasteiger partial charge in [0.25, 0.3) is 5.91 Å². The minimum absolute atomic E-state index is 0.0835. The summed E-state index contributed by atoms with van der Waals surface area (Å²) in [5, 5.41) is 8.81. The van der Waals surface area contributed by atoms with Gasteiger partial charge in [-0.05, 0) is 56.1 Å². The van der Waals surface area contributed by atoms with E-state index >= 15 is 0 Å². The fourth-order valence-electron chi connectivity index (χ4n) is 3.18. The summed E-state index contributed by atoms with van der Waals surface area (Å²) in [5.41, 5.74) is 0.420. The van der Waals surface area contributed by atoms with Crippen LogP contribution in [-0.4, -0.2) is 63.8 Å². The lowest BCUT2D eigenvalue weighted by molar-refractivity contribution is -0.122. The van der Waals surface area contributed by atoms with Gasteiger partial charge in [0.1, 0.15) is 0 Å². The number of piperidine rings is 1. The molecule has 1 unspecified atom stereocenters. The molecule has 0 bridgehead atoms. The summed E-state index contributed by atoms with van der Waals surface area (Å²) in [7, 11) is -3.73. The molecule has 0 aliphatic carbocycles. The first kappa shape index (κ1) is 18.8. The molecule has 1 aromatic rings. The van der Waals surface area contributed by atoms with Crippen molar-refractivity contribution in [2.45, 2.75) is 17.7 Å². The van der Waals surface area contributed by atoms with Crippen LogP contribution in [0.1, 0.15) is 23.2 Å². The Kier molecular flexibility index (Phi) is 5.90. The van der Waals surface area contributed by atoms with Gasteiger partial charge < -0.3 is 16.0 Å². The van der Waals surface area contributed by atoms with Crippen LogP contribution in [0.3, 0.4) is 0 Å². The number of carbonyl (C=O) groups excluding carboxylic acids is 2. The van der Waals surface area contributed by atoms with Gasteiger partial charge in [-0.2, -0.15) is 4.31 Å². The molecule has 3 rings (SSSR count). The highest BCUT2D eigenvalue weighted by Crippen LogP contribution is 2.17. The molecule has 0 radical (unpaired) electrons. The van der Waals surface area contributed by atoms with Crippen molar-refractivity contribution in [3.05, 3.63) is 29.8 Å². The van der Waals surface area contributed by atoms with Crippen LogP contribution < -0.4 is 16.0 Å². The molecule has 0 aromatic heterocycles. The summed E-state index contributed by atoms with van der Waals surface area (Å²) in [5.74, 6) is -0.0949. The van der Waals surface area contributed by atoms with Gasteiger partial charge in [-0.15, -0.1) is 0 Å². The van der Waals surface area contributed by atoms with Crippen molar-refractivity contribution in [2.75, 3.05) is 39.3 Å². The van der Waals surface area contributed by atoms with E-state index in [1.807, 2.05) is 0 Å². The van der Waals surface area contributed by atoms with Gasteiger partial charge in [-0.3, -0.25) is 9.59 Å². The minimum atomic E-state index is -3.73. The number of piperazine rings is 1. The molecular formula is C17H24N4O4S. The summed E-state index contributed by atoms with van der Waals surface area (Å²) in [6.07, 6.45) is 2.20. The fraction of sp³-hybridized carbons (Fsp3) is 0.529. The first-order valence-corrected chi connectivity index (χ1v) is 10.3. The zero-order chi connectivity index (χ0) is 18.6. The topological polar surface area (TPSA) is 108 Å². The van der Waals surface area contributed by atoms with E-state index in [0.29, 0.717) is 24.6 Å². The summed E-state index contributed by atoms with van der Waals surface area (Å²) in [6.45, 7) is 2.90. The molecule has 0 spiro atoms. The molecule has 2 aliphatic rings. The molecule has 2 heterocycles. The molecular weight excluding hydrogens is 356 g/mol. The second-order valence-electron chi connectivity index (χ2n) is 6.64. The smallest absolute Gasteiger partial charge is 0.251 e. The molecule has 1 atom stereocenters. The van der Waals surface area contributed by atoms with Crippen molar-refractivity contribution < 1.29 is 18.0 Å². The third-order valence-electron chi connectivity index (χ3n) is 4.71. The Bertz CT molecular complexity index is 757. The van der Waals surface area contributed by atoms with Gasteiger partial charge in [0.15, 0.2) is 0 Å². The van der Waals surface area contributed by atoms with Crippen molar-refractivity contribution in [1.82, 2.24) is 20.3 Å². The highest BCUT2D eigenvalue weighted by Gasteiger charge is 2.29. The van der Waals surface area contributed by atoms with Crippen LogP contribution in [-0.2, 0) is 14.8 Å². The largest absolute Gasteiger partial charge is 0.354 e. The Morgan fingerprint density at radius 2 is 2.00 bits per heavy atom. The first-order chi connectivity index (χ1) is 12.5. The maximum atomic E-state index is 12.6. The molecule has 2 amide bonds. The van der Waals surface area contributed by atoms with Crippen molar-refractivity contribution in [3.63, 3.8) is 0 Å². The molecule has 26 heavy (non-hydrogen) atoms. The average Bonchev–Trinajstić information content (AvgIpc) is 2.67.